The van der Waals surface area contributed by atoms with Gasteiger partial charge >= 0.3 is 5.97 Å². The van der Waals surface area contributed by atoms with Crippen LogP contribution >= 0.6 is 11.6 Å². The number of carbonyl (C=O) groups excluding carboxylic acids is 1. The second kappa shape index (κ2) is 4.46. The van der Waals surface area contributed by atoms with E-state index in [1.807, 2.05) is 0 Å². The Morgan fingerprint density at radius 1 is 1.60 bits per heavy atom. The molecule has 0 fully saturated rings. The minimum Gasteiger partial charge on any atom is -0.507 e. The molecule has 0 heterocycles. The molecular weight excluding hydrogens is 227 g/mol. The molecule has 15 heavy (non-hydrogen) atoms. The molecule has 0 spiro atoms. The number of rotatable bonds is 2. The van der Waals surface area contributed by atoms with Crippen LogP contribution in [0.1, 0.15) is 11.7 Å². The van der Waals surface area contributed by atoms with Crippen LogP contribution in [0.5, 0.6) is 5.75 Å². The Bertz CT molecular complexity index is 394. The molecule has 6 heteroatoms. The normalized spacial score (nSPS) is 12.3. The maximum Gasteiger partial charge on any atom is 0.339 e. The average molecular weight is 235 g/mol. The van der Waals surface area contributed by atoms with Gasteiger partial charge in [0.2, 0.25) is 0 Å². The molecule has 0 aliphatic carbocycles. The minimum absolute atomic E-state index is 0.201. The number of halogens is 2. The van der Waals surface area contributed by atoms with Gasteiger partial charge in [-0.1, -0.05) is 11.6 Å². The number of phenols is 1. The van der Waals surface area contributed by atoms with Crippen molar-refractivity contribution >= 4 is 17.6 Å². The van der Waals surface area contributed by atoms with Gasteiger partial charge in [-0.2, -0.15) is 0 Å². The maximum atomic E-state index is 12.8. The van der Waals surface area contributed by atoms with E-state index in [4.69, 9.17) is 11.6 Å². The van der Waals surface area contributed by atoms with Gasteiger partial charge in [-0.15, -0.1) is 0 Å². The molecule has 1 aromatic rings. The van der Waals surface area contributed by atoms with Crippen LogP contribution in [0, 0.1) is 5.82 Å². The van der Waals surface area contributed by atoms with Crippen LogP contribution in [-0.4, -0.2) is 23.3 Å². The lowest BCUT2D eigenvalue weighted by Gasteiger charge is -2.10. The van der Waals surface area contributed by atoms with Gasteiger partial charge in [-0.05, 0) is 6.07 Å². The molecule has 4 nitrogen and oxygen atoms in total. The number of hydrogen-bond donors (Lipinski definition) is 2. The van der Waals surface area contributed by atoms with E-state index >= 15 is 0 Å². The zero-order chi connectivity index (χ0) is 11.6. The average Bonchev–Trinajstić information content (AvgIpc) is 2.21. The van der Waals surface area contributed by atoms with Crippen LogP contribution in [0.25, 0.3) is 0 Å². The topological polar surface area (TPSA) is 66.8 Å². The largest absolute Gasteiger partial charge is 0.507 e. The van der Waals surface area contributed by atoms with E-state index in [0.717, 1.165) is 13.2 Å². The first kappa shape index (κ1) is 11.7. The van der Waals surface area contributed by atoms with Crippen LogP contribution in [0.2, 0.25) is 5.02 Å². The van der Waals surface area contributed by atoms with Gasteiger partial charge in [0.15, 0.2) is 6.10 Å². The second-order valence-electron chi connectivity index (χ2n) is 2.75. The molecule has 0 bridgehead atoms. The minimum atomic E-state index is -1.69. The first-order valence-electron chi connectivity index (χ1n) is 3.91. The van der Waals surface area contributed by atoms with Crippen molar-refractivity contribution in [1.29, 1.82) is 0 Å². The Labute approximate surface area is 89.9 Å². The van der Waals surface area contributed by atoms with Gasteiger partial charge in [-0.25, -0.2) is 9.18 Å². The molecule has 2 N–H and O–H groups in total. The molecule has 1 rings (SSSR count). The molecule has 0 amide bonds. The monoisotopic (exact) mass is 234 g/mol. The molecule has 0 aromatic heterocycles. The maximum absolute atomic E-state index is 12.8. The number of aliphatic hydroxyl groups is 1. The summed E-state index contributed by atoms with van der Waals surface area (Å²) in [5.41, 5.74) is -0.201. The summed E-state index contributed by atoms with van der Waals surface area (Å²) >= 11 is 5.43. The van der Waals surface area contributed by atoms with Crippen LogP contribution in [0.4, 0.5) is 4.39 Å². The van der Waals surface area contributed by atoms with E-state index < -0.39 is 23.6 Å². The number of aromatic hydroxyl groups is 1. The fourth-order valence-corrected chi connectivity index (χ4v) is 1.18. The van der Waals surface area contributed by atoms with Gasteiger partial charge in [0, 0.05) is 11.6 Å². The summed E-state index contributed by atoms with van der Waals surface area (Å²) in [6.45, 7) is 0. The van der Waals surface area contributed by atoms with Gasteiger partial charge in [0.05, 0.1) is 12.1 Å². The Morgan fingerprint density at radius 2 is 2.20 bits per heavy atom. The Balaban J connectivity index is 3.14. The lowest BCUT2D eigenvalue weighted by Crippen LogP contribution is -2.13. The summed E-state index contributed by atoms with van der Waals surface area (Å²) in [7, 11) is 1.08. The summed E-state index contributed by atoms with van der Waals surface area (Å²) in [5, 5.41) is 18.3. The summed E-state index contributed by atoms with van der Waals surface area (Å²) < 4.78 is 17.1. The van der Waals surface area contributed by atoms with Gasteiger partial charge in [0.1, 0.15) is 11.6 Å². The first-order chi connectivity index (χ1) is 6.97. The number of benzene rings is 1. The smallest absolute Gasteiger partial charge is 0.339 e. The summed E-state index contributed by atoms with van der Waals surface area (Å²) in [6.07, 6.45) is -1.69. The summed E-state index contributed by atoms with van der Waals surface area (Å²) in [4.78, 5) is 10.9. The quantitative estimate of drug-likeness (QED) is 0.759. The number of hydrogen-bond acceptors (Lipinski definition) is 4. The van der Waals surface area contributed by atoms with Crippen LogP contribution in [0.15, 0.2) is 12.1 Å². The third kappa shape index (κ3) is 2.37. The molecule has 1 aromatic carbocycles. The highest BCUT2D eigenvalue weighted by molar-refractivity contribution is 6.30. The van der Waals surface area contributed by atoms with Crippen LogP contribution < -0.4 is 0 Å². The number of esters is 1. The Hall–Kier alpha value is -1.33. The molecule has 0 saturated heterocycles. The lowest BCUT2D eigenvalue weighted by atomic mass is 10.1. The van der Waals surface area contributed by atoms with E-state index in [-0.39, 0.29) is 10.6 Å². The number of methoxy groups -OCH3 is 1. The Morgan fingerprint density at radius 3 is 2.73 bits per heavy atom. The Kier molecular flexibility index (Phi) is 3.49. The molecule has 0 radical (unpaired) electrons. The molecule has 0 aliphatic heterocycles. The third-order valence-electron chi connectivity index (χ3n) is 1.79. The summed E-state index contributed by atoms with van der Waals surface area (Å²) in [6, 6.07) is 1.68. The van der Waals surface area contributed by atoms with Crippen molar-refractivity contribution in [3.8, 4) is 5.75 Å². The van der Waals surface area contributed by atoms with E-state index in [1.165, 1.54) is 0 Å². The number of aliphatic hydroxyl groups excluding tert-OH is 1. The molecule has 0 aliphatic rings. The van der Waals surface area contributed by atoms with Crippen LogP contribution in [-0.2, 0) is 9.53 Å². The third-order valence-corrected chi connectivity index (χ3v) is 2.08. The highest BCUT2D eigenvalue weighted by Gasteiger charge is 2.22. The number of ether oxygens (including phenoxy) is 1. The highest BCUT2D eigenvalue weighted by Crippen LogP contribution is 2.30. The first-order valence-corrected chi connectivity index (χ1v) is 4.29. The highest BCUT2D eigenvalue weighted by atomic mass is 35.5. The van der Waals surface area contributed by atoms with Crippen LogP contribution in [0.3, 0.4) is 0 Å². The van der Waals surface area contributed by atoms with E-state index in [0.29, 0.717) is 6.07 Å². The van der Waals surface area contributed by atoms with Crippen molar-refractivity contribution < 1.29 is 24.1 Å². The second-order valence-corrected chi connectivity index (χ2v) is 3.16. The van der Waals surface area contributed by atoms with Crippen molar-refractivity contribution in [2.24, 2.45) is 0 Å². The molecular formula is C9H8ClFO4. The van der Waals surface area contributed by atoms with Crippen molar-refractivity contribution in [2.45, 2.75) is 6.10 Å². The fraction of sp³-hybridized carbons (Fsp3) is 0.222. The predicted octanol–water partition coefficient (Wildman–Crippen LogP) is 1.39. The molecule has 1 unspecified atom stereocenters. The van der Waals surface area contributed by atoms with Crippen molar-refractivity contribution in [2.75, 3.05) is 7.11 Å². The number of phenolic OH excluding ortho intramolecular Hbond substituents is 1. The lowest BCUT2D eigenvalue weighted by molar-refractivity contribution is -0.150. The van der Waals surface area contributed by atoms with Crippen molar-refractivity contribution in [1.82, 2.24) is 0 Å². The zero-order valence-electron chi connectivity index (χ0n) is 7.70. The van der Waals surface area contributed by atoms with Gasteiger partial charge < -0.3 is 14.9 Å². The standard InChI is InChI=1S/C9H8ClFO4/c1-15-9(14)8(13)4-2-5(10)6(11)3-7(4)12/h2-3,8,12-13H,1H3. The van der Waals surface area contributed by atoms with E-state index in [1.54, 1.807) is 0 Å². The predicted molar refractivity (Wildman–Crippen MR) is 50.1 cm³/mol. The number of carbonyl (C=O) groups is 1. The van der Waals surface area contributed by atoms with Gasteiger partial charge in [0.25, 0.3) is 0 Å². The summed E-state index contributed by atoms with van der Waals surface area (Å²) in [5.74, 6) is -2.36. The molecule has 0 saturated carbocycles. The van der Waals surface area contributed by atoms with Crippen molar-refractivity contribution in [3.63, 3.8) is 0 Å². The molecule has 82 valence electrons. The van der Waals surface area contributed by atoms with Gasteiger partial charge in [-0.3, -0.25) is 0 Å². The van der Waals surface area contributed by atoms with E-state index in [2.05, 4.69) is 4.74 Å². The van der Waals surface area contributed by atoms with Crippen molar-refractivity contribution in [3.05, 3.63) is 28.5 Å². The SMILES string of the molecule is COC(=O)C(O)c1cc(Cl)c(F)cc1O. The molecule has 1 atom stereocenters. The van der Waals surface area contributed by atoms with E-state index in [9.17, 15) is 19.4 Å². The zero-order valence-corrected chi connectivity index (χ0v) is 8.45. The fourth-order valence-electron chi connectivity index (χ4n) is 1.01.